The van der Waals surface area contributed by atoms with E-state index in [9.17, 15) is 4.79 Å². The Balaban J connectivity index is 1.10. The van der Waals surface area contributed by atoms with E-state index in [-0.39, 0.29) is 23.4 Å². The number of allylic oxidation sites excluding steroid dienone is 1. The molecule has 1 heterocycles. The van der Waals surface area contributed by atoms with Gasteiger partial charge in [-0.2, -0.15) is 0 Å². The molecule has 2 aromatic carbocycles. The molecule has 4 aliphatic rings. The highest BCUT2D eigenvalue weighted by Crippen LogP contribution is 2.53. The van der Waals surface area contributed by atoms with E-state index < -0.39 is 0 Å². The van der Waals surface area contributed by atoms with Crippen LogP contribution < -0.4 is 0 Å². The van der Waals surface area contributed by atoms with Crippen molar-refractivity contribution in [3.8, 4) is 0 Å². The molecule has 0 unspecified atom stereocenters. The van der Waals surface area contributed by atoms with Crippen LogP contribution in [0.25, 0.3) is 16.6 Å². The van der Waals surface area contributed by atoms with Gasteiger partial charge in [0.2, 0.25) is 0 Å². The van der Waals surface area contributed by atoms with Crippen molar-refractivity contribution >= 4 is 45.8 Å². The lowest BCUT2D eigenvalue weighted by atomic mass is 9.60. The number of halogens is 2. The van der Waals surface area contributed by atoms with Crippen LogP contribution in [0.1, 0.15) is 56.3 Å². The molecule has 2 fully saturated rings. The fourth-order valence-corrected chi connectivity index (χ4v) is 6.69. The van der Waals surface area contributed by atoms with E-state index in [2.05, 4.69) is 58.3 Å². The Bertz CT molecular complexity index is 1310. The number of carbonyl (C=O) groups is 1. The number of benzene rings is 2. The van der Waals surface area contributed by atoms with Crippen LogP contribution in [0.3, 0.4) is 0 Å². The van der Waals surface area contributed by atoms with Gasteiger partial charge < -0.3 is 14.6 Å². The SMILES string of the molecule is CN(CCCc1nc2cc(Cl)c(Cl)cc2[nH]1)CC[C@]1(OC(=O)C2CC2)C[C@H]2CC[C@@H]1C=C2c1ccccc1. The van der Waals surface area contributed by atoms with Crippen LogP contribution >= 0.6 is 23.2 Å². The zero-order valence-corrected chi connectivity index (χ0v) is 23.4. The van der Waals surface area contributed by atoms with Gasteiger partial charge in [0.05, 0.1) is 27.0 Å². The Hall–Kier alpha value is -2.34. The molecule has 1 aromatic heterocycles. The predicted molar refractivity (Wildman–Crippen MR) is 153 cm³/mol. The molecule has 3 aromatic rings. The van der Waals surface area contributed by atoms with Crippen LogP contribution in [0.5, 0.6) is 0 Å². The number of nitrogens with one attached hydrogen (secondary N) is 1. The molecule has 38 heavy (non-hydrogen) atoms. The lowest BCUT2D eigenvalue weighted by Gasteiger charge is -2.50. The van der Waals surface area contributed by atoms with Gasteiger partial charge in [-0.25, -0.2) is 4.98 Å². The lowest BCUT2D eigenvalue weighted by Crippen LogP contribution is -2.51. The Morgan fingerprint density at radius 1 is 1.11 bits per heavy atom. The van der Waals surface area contributed by atoms with Crippen LogP contribution in [-0.2, 0) is 16.0 Å². The van der Waals surface area contributed by atoms with Gasteiger partial charge in [-0.3, -0.25) is 4.79 Å². The summed E-state index contributed by atoms with van der Waals surface area (Å²) in [4.78, 5) is 23.3. The Kier molecular flexibility index (Phi) is 7.28. The largest absolute Gasteiger partial charge is 0.458 e. The Morgan fingerprint density at radius 2 is 1.89 bits per heavy atom. The van der Waals surface area contributed by atoms with E-state index >= 15 is 0 Å². The van der Waals surface area contributed by atoms with E-state index in [4.69, 9.17) is 27.9 Å². The van der Waals surface area contributed by atoms with Gasteiger partial charge in [-0.1, -0.05) is 59.6 Å². The summed E-state index contributed by atoms with van der Waals surface area (Å²) in [5.41, 5.74) is 4.14. The molecular weight excluding hydrogens is 517 g/mol. The maximum absolute atomic E-state index is 12.9. The second-order valence-electron chi connectivity index (χ2n) is 11.5. The summed E-state index contributed by atoms with van der Waals surface area (Å²) in [7, 11) is 2.17. The number of fused-ring (bicyclic) bond motifs is 3. The third-order valence-electron chi connectivity index (χ3n) is 8.68. The van der Waals surface area contributed by atoms with Crippen molar-refractivity contribution in [3.05, 3.63) is 70.0 Å². The number of ether oxygens (including phenoxy) is 1. The smallest absolute Gasteiger partial charge is 0.309 e. The molecular formula is C31H35Cl2N3O2. The first-order valence-electron chi connectivity index (χ1n) is 13.9. The first-order chi connectivity index (χ1) is 18.4. The minimum atomic E-state index is -0.383. The van der Waals surface area contributed by atoms with Gasteiger partial charge in [0.15, 0.2) is 0 Å². The third kappa shape index (κ3) is 5.38. The van der Waals surface area contributed by atoms with Crippen molar-refractivity contribution in [1.82, 2.24) is 14.9 Å². The molecule has 200 valence electrons. The van der Waals surface area contributed by atoms with Crippen molar-refractivity contribution in [2.75, 3.05) is 20.1 Å². The number of esters is 1. The minimum Gasteiger partial charge on any atom is -0.458 e. The van der Waals surface area contributed by atoms with Crippen molar-refractivity contribution < 1.29 is 9.53 Å². The van der Waals surface area contributed by atoms with E-state index in [0.717, 1.165) is 74.9 Å². The van der Waals surface area contributed by atoms with Gasteiger partial charge in [-0.15, -0.1) is 0 Å². The fourth-order valence-electron chi connectivity index (χ4n) is 6.37. The van der Waals surface area contributed by atoms with Crippen molar-refractivity contribution in [3.63, 3.8) is 0 Å². The average molecular weight is 553 g/mol. The average Bonchev–Trinajstić information content (AvgIpc) is 3.71. The standard InChI is InChI=1S/C31H35Cl2N3O2/c1-36(14-5-8-29-34-27-17-25(32)26(33)18-28(27)35-29)15-13-31(38-30(37)21-9-10-21)19-22-11-12-23(31)16-24(22)20-6-3-2-4-7-20/h2-4,6-7,16-18,21-23H,5,8-15,19H2,1H3,(H,34,35)/t22-,23-,31+/m1/s1. The number of carbonyl (C=O) groups excluding carboxylic acids is 1. The number of nitrogens with zero attached hydrogens (tertiary/aromatic N) is 2. The lowest BCUT2D eigenvalue weighted by molar-refractivity contribution is -0.174. The predicted octanol–water partition coefficient (Wildman–Crippen LogP) is 7.33. The molecule has 0 spiro atoms. The van der Waals surface area contributed by atoms with Crippen molar-refractivity contribution in [2.24, 2.45) is 17.8 Å². The molecule has 0 aliphatic heterocycles. The first kappa shape index (κ1) is 25.9. The normalized spacial score (nSPS) is 24.7. The van der Waals surface area contributed by atoms with Gasteiger partial charge in [-0.05, 0) is 81.3 Å². The monoisotopic (exact) mass is 551 g/mol. The molecule has 3 atom stereocenters. The molecule has 2 bridgehead atoms. The van der Waals surface area contributed by atoms with E-state index in [1.54, 1.807) is 0 Å². The zero-order chi connectivity index (χ0) is 26.3. The molecule has 7 rings (SSSR count). The van der Waals surface area contributed by atoms with Gasteiger partial charge in [0.1, 0.15) is 11.4 Å². The number of hydrogen-bond acceptors (Lipinski definition) is 4. The maximum atomic E-state index is 12.9. The number of imidazole rings is 1. The summed E-state index contributed by atoms with van der Waals surface area (Å²) in [5.74, 6) is 1.84. The van der Waals surface area contributed by atoms with Crippen LogP contribution in [0.4, 0.5) is 0 Å². The molecule has 0 saturated heterocycles. The Morgan fingerprint density at radius 3 is 2.63 bits per heavy atom. The van der Waals surface area contributed by atoms with Gasteiger partial charge in [0.25, 0.3) is 0 Å². The summed E-state index contributed by atoms with van der Waals surface area (Å²) in [6.45, 7) is 1.85. The summed E-state index contributed by atoms with van der Waals surface area (Å²) >= 11 is 12.3. The van der Waals surface area contributed by atoms with Crippen LogP contribution in [0.2, 0.25) is 10.0 Å². The van der Waals surface area contributed by atoms with Crippen molar-refractivity contribution in [1.29, 1.82) is 0 Å². The van der Waals surface area contributed by atoms with E-state index in [1.165, 1.54) is 17.6 Å². The highest BCUT2D eigenvalue weighted by atomic mass is 35.5. The first-order valence-corrected chi connectivity index (χ1v) is 14.7. The fraction of sp³-hybridized carbons (Fsp3) is 0.484. The van der Waals surface area contributed by atoms with E-state index in [0.29, 0.717) is 16.0 Å². The number of hydrogen-bond donors (Lipinski definition) is 1. The number of rotatable bonds is 10. The number of aromatic nitrogens is 2. The third-order valence-corrected chi connectivity index (χ3v) is 9.40. The molecule has 1 N–H and O–H groups in total. The second kappa shape index (κ2) is 10.7. The van der Waals surface area contributed by atoms with Crippen molar-refractivity contribution in [2.45, 2.75) is 57.0 Å². The quantitative estimate of drug-likeness (QED) is 0.268. The van der Waals surface area contributed by atoms with Crippen LogP contribution in [-0.4, -0.2) is 46.6 Å². The molecule has 0 radical (unpaired) electrons. The summed E-state index contributed by atoms with van der Waals surface area (Å²) in [6, 6.07) is 14.4. The van der Waals surface area contributed by atoms with Gasteiger partial charge in [0, 0.05) is 25.3 Å². The molecule has 2 saturated carbocycles. The molecule has 7 heteroatoms. The minimum absolute atomic E-state index is 0.0277. The van der Waals surface area contributed by atoms with Crippen LogP contribution in [0.15, 0.2) is 48.5 Å². The summed E-state index contributed by atoms with van der Waals surface area (Å²) in [5, 5.41) is 1.06. The molecule has 0 amide bonds. The summed E-state index contributed by atoms with van der Waals surface area (Å²) < 4.78 is 6.45. The van der Waals surface area contributed by atoms with Crippen LogP contribution in [0, 0.1) is 17.8 Å². The molecule has 4 aliphatic carbocycles. The second-order valence-corrected chi connectivity index (χ2v) is 12.3. The summed E-state index contributed by atoms with van der Waals surface area (Å²) in [6.07, 6.45) is 10.3. The highest BCUT2D eigenvalue weighted by Gasteiger charge is 2.51. The Labute approximate surface area is 234 Å². The topological polar surface area (TPSA) is 58.2 Å². The maximum Gasteiger partial charge on any atom is 0.309 e. The number of aryl methyl sites for hydroxylation is 1. The van der Waals surface area contributed by atoms with Gasteiger partial charge >= 0.3 is 5.97 Å². The molecule has 5 nitrogen and oxygen atoms in total. The van der Waals surface area contributed by atoms with E-state index in [1.807, 2.05) is 12.1 Å². The number of H-pyrrole nitrogens is 1. The number of aromatic amines is 1. The zero-order valence-electron chi connectivity index (χ0n) is 21.9. The highest BCUT2D eigenvalue weighted by molar-refractivity contribution is 6.42.